The molecule has 0 aromatic heterocycles. The van der Waals surface area contributed by atoms with E-state index in [1.54, 1.807) is 0 Å². The van der Waals surface area contributed by atoms with E-state index < -0.39 is 0 Å². The zero-order valence-corrected chi connectivity index (χ0v) is 13.0. The lowest BCUT2D eigenvalue weighted by atomic mass is 9.97. The first-order chi connectivity index (χ1) is 9.69. The van der Waals surface area contributed by atoms with Gasteiger partial charge in [0.15, 0.2) is 0 Å². The molecule has 3 nitrogen and oxygen atoms in total. The SMILES string of the molecule is CCC(CC)C(=O)N1CCNCC1c1ccccc1Cl. The van der Waals surface area contributed by atoms with Crippen molar-refractivity contribution in [2.24, 2.45) is 5.92 Å². The maximum absolute atomic E-state index is 12.7. The van der Waals surface area contributed by atoms with Crippen molar-refractivity contribution in [3.8, 4) is 0 Å². The molecule has 20 heavy (non-hydrogen) atoms. The molecule has 1 N–H and O–H groups in total. The molecule has 0 saturated carbocycles. The van der Waals surface area contributed by atoms with Crippen LogP contribution in [0.15, 0.2) is 24.3 Å². The highest BCUT2D eigenvalue weighted by Crippen LogP contribution is 2.30. The number of nitrogens with zero attached hydrogens (tertiary/aromatic N) is 1. The van der Waals surface area contributed by atoms with Crippen molar-refractivity contribution >= 4 is 17.5 Å². The molecule has 1 fully saturated rings. The van der Waals surface area contributed by atoms with Crippen LogP contribution in [0.2, 0.25) is 5.02 Å². The van der Waals surface area contributed by atoms with Crippen LogP contribution >= 0.6 is 11.6 Å². The summed E-state index contributed by atoms with van der Waals surface area (Å²) < 4.78 is 0. The number of hydrogen-bond donors (Lipinski definition) is 1. The minimum atomic E-state index is 0.0468. The maximum atomic E-state index is 12.7. The second kappa shape index (κ2) is 7.09. The number of hydrogen-bond acceptors (Lipinski definition) is 2. The summed E-state index contributed by atoms with van der Waals surface area (Å²) >= 11 is 6.31. The van der Waals surface area contributed by atoms with Gasteiger partial charge >= 0.3 is 0 Å². The summed E-state index contributed by atoms with van der Waals surface area (Å²) in [4.78, 5) is 14.7. The lowest BCUT2D eigenvalue weighted by Crippen LogP contribution is -2.50. The highest BCUT2D eigenvalue weighted by Gasteiger charge is 2.31. The number of piperazine rings is 1. The van der Waals surface area contributed by atoms with Crippen LogP contribution in [0.5, 0.6) is 0 Å². The van der Waals surface area contributed by atoms with Gasteiger partial charge in [-0.05, 0) is 24.5 Å². The van der Waals surface area contributed by atoms with E-state index in [0.29, 0.717) is 0 Å². The molecule has 0 radical (unpaired) electrons. The Bertz CT molecular complexity index is 460. The lowest BCUT2D eigenvalue weighted by molar-refractivity contribution is -0.139. The number of carbonyl (C=O) groups excluding carboxylic acids is 1. The van der Waals surface area contributed by atoms with Gasteiger partial charge < -0.3 is 10.2 Å². The molecule has 1 aromatic rings. The Kier molecular flexibility index (Phi) is 5.44. The van der Waals surface area contributed by atoms with E-state index in [1.807, 2.05) is 29.2 Å². The van der Waals surface area contributed by atoms with Crippen LogP contribution in [0, 0.1) is 5.92 Å². The van der Waals surface area contributed by atoms with Gasteiger partial charge in [0.25, 0.3) is 0 Å². The number of halogens is 1. The van der Waals surface area contributed by atoms with E-state index in [4.69, 9.17) is 11.6 Å². The number of amides is 1. The van der Waals surface area contributed by atoms with Crippen LogP contribution in [0.4, 0.5) is 0 Å². The molecule has 110 valence electrons. The van der Waals surface area contributed by atoms with Crippen molar-refractivity contribution in [3.63, 3.8) is 0 Å². The number of carbonyl (C=O) groups is 1. The first kappa shape index (κ1) is 15.3. The third kappa shape index (κ3) is 3.15. The van der Waals surface area contributed by atoms with Crippen molar-refractivity contribution in [1.29, 1.82) is 0 Å². The largest absolute Gasteiger partial charge is 0.333 e. The summed E-state index contributed by atoms with van der Waals surface area (Å²) in [6.07, 6.45) is 1.79. The van der Waals surface area contributed by atoms with E-state index in [1.165, 1.54) is 0 Å². The third-order valence-corrected chi connectivity index (χ3v) is 4.47. The van der Waals surface area contributed by atoms with Crippen LogP contribution < -0.4 is 5.32 Å². The van der Waals surface area contributed by atoms with Crippen LogP contribution in [0.1, 0.15) is 38.3 Å². The summed E-state index contributed by atoms with van der Waals surface area (Å²) in [6.45, 7) is 6.55. The minimum absolute atomic E-state index is 0.0468. The van der Waals surface area contributed by atoms with Crippen LogP contribution in [0.25, 0.3) is 0 Å². The summed E-state index contributed by atoms with van der Waals surface area (Å²) in [7, 11) is 0. The van der Waals surface area contributed by atoms with Crippen molar-refractivity contribution in [1.82, 2.24) is 10.2 Å². The number of nitrogens with one attached hydrogen (secondary N) is 1. The molecule has 1 aliphatic heterocycles. The van der Waals surface area contributed by atoms with Gasteiger partial charge in [-0.1, -0.05) is 43.6 Å². The first-order valence-corrected chi connectivity index (χ1v) is 7.82. The molecule has 1 unspecified atom stereocenters. The Morgan fingerprint density at radius 3 is 2.75 bits per heavy atom. The van der Waals surface area contributed by atoms with Gasteiger partial charge in [-0.2, -0.15) is 0 Å². The van der Waals surface area contributed by atoms with Crippen molar-refractivity contribution in [2.75, 3.05) is 19.6 Å². The Morgan fingerprint density at radius 2 is 2.10 bits per heavy atom. The van der Waals surface area contributed by atoms with Gasteiger partial charge in [-0.3, -0.25) is 4.79 Å². The number of rotatable bonds is 4. The summed E-state index contributed by atoms with van der Waals surface area (Å²) in [5.74, 6) is 0.388. The van der Waals surface area contributed by atoms with E-state index in [0.717, 1.165) is 43.1 Å². The summed E-state index contributed by atoms with van der Waals surface area (Å²) in [6, 6.07) is 7.87. The highest BCUT2D eigenvalue weighted by molar-refractivity contribution is 6.31. The minimum Gasteiger partial charge on any atom is -0.333 e. The first-order valence-electron chi connectivity index (χ1n) is 7.44. The second-order valence-electron chi connectivity index (χ2n) is 5.29. The lowest BCUT2D eigenvalue weighted by Gasteiger charge is -2.38. The predicted molar refractivity (Wildman–Crippen MR) is 82.8 cm³/mol. The molecule has 4 heteroatoms. The Labute approximate surface area is 126 Å². The molecule has 1 heterocycles. The predicted octanol–water partition coefficient (Wildman–Crippen LogP) is 3.25. The fourth-order valence-electron chi connectivity index (χ4n) is 2.86. The van der Waals surface area contributed by atoms with E-state index in [-0.39, 0.29) is 17.9 Å². The molecule has 0 bridgehead atoms. The standard InChI is InChI=1S/C16H23ClN2O/c1-3-12(4-2)16(20)19-10-9-18-11-15(19)13-7-5-6-8-14(13)17/h5-8,12,15,18H,3-4,9-11H2,1-2H3. The fraction of sp³-hybridized carbons (Fsp3) is 0.562. The maximum Gasteiger partial charge on any atom is 0.226 e. The molecule has 1 saturated heterocycles. The van der Waals surface area contributed by atoms with Crippen LogP contribution in [-0.2, 0) is 4.79 Å². The molecule has 1 aliphatic rings. The Balaban J connectivity index is 2.26. The smallest absolute Gasteiger partial charge is 0.226 e. The normalized spacial score (nSPS) is 19.4. The van der Waals surface area contributed by atoms with Crippen LogP contribution in [-0.4, -0.2) is 30.4 Å². The molecule has 2 rings (SSSR count). The molecule has 0 aliphatic carbocycles. The molecule has 1 amide bonds. The number of benzene rings is 1. The van der Waals surface area contributed by atoms with Gasteiger partial charge in [-0.15, -0.1) is 0 Å². The Morgan fingerprint density at radius 1 is 1.40 bits per heavy atom. The highest BCUT2D eigenvalue weighted by atomic mass is 35.5. The quantitative estimate of drug-likeness (QED) is 0.924. The van der Waals surface area contributed by atoms with E-state index in [9.17, 15) is 4.79 Å². The summed E-state index contributed by atoms with van der Waals surface area (Å²) in [5, 5.41) is 4.11. The third-order valence-electron chi connectivity index (χ3n) is 4.13. The molecule has 0 spiro atoms. The molecular formula is C16H23ClN2O. The van der Waals surface area contributed by atoms with Crippen molar-refractivity contribution < 1.29 is 4.79 Å². The average molecular weight is 295 g/mol. The topological polar surface area (TPSA) is 32.3 Å². The van der Waals surface area contributed by atoms with E-state index >= 15 is 0 Å². The summed E-state index contributed by atoms with van der Waals surface area (Å²) in [5.41, 5.74) is 1.04. The van der Waals surface area contributed by atoms with Crippen molar-refractivity contribution in [3.05, 3.63) is 34.9 Å². The van der Waals surface area contributed by atoms with Crippen LogP contribution in [0.3, 0.4) is 0 Å². The monoisotopic (exact) mass is 294 g/mol. The molecular weight excluding hydrogens is 272 g/mol. The van der Waals surface area contributed by atoms with Gasteiger partial charge in [0.2, 0.25) is 5.91 Å². The zero-order valence-electron chi connectivity index (χ0n) is 12.2. The van der Waals surface area contributed by atoms with Gasteiger partial charge in [0, 0.05) is 30.6 Å². The van der Waals surface area contributed by atoms with Gasteiger partial charge in [0.05, 0.1) is 6.04 Å². The average Bonchev–Trinajstić information content (AvgIpc) is 2.49. The van der Waals surface area contributed by atoms with E-state index in [2.05, 4.69) is 19.2 Å². The van der Waals surface area contributed by atoms with Gasteiger partial charge in [0.1, 0.15) is 0 Å². The fourth-order valence-corrected chi connectivity index (χ4v) is 3.13. The van der Waals surface area contributed by atoms with Gasteiger partial charge in [-0.25, -0.2) is 0 Å². The second-order valence-corrected chi connectivity index (χ2v) is 5.69. The molecule has 1 atom stereocenters. The molecule has 1 aromatic carbocycles. The zero-order chi connectivity index (χ0) is 14.5. The van der Waals surface area contributed by atoms with Crippen molar-refractivity contribution in [2.45, 2.75) is 32.7 Å². The Hall–Kier alpha value is -1.06.